The lowest BCUT2D eigenvalue weighted by atomic mass is 10.4. The fourth-order valence-corrected chi connectivity index (χ4v) is 1.59. The van der Waals surface area contributed by atoms with Crippen LogP contribution in [0.1, 0.15) is 19.2 Å². The summed E-state index contributed by atoms with van der Waals surface area (Å²) in [5, 5.41) is 6.56. The second kappa shape index (κ2) is 7.33. The molecule has 0 spiro atoms. The Balaban J connectivity index is 2.58. The van der Waals surface area contributed by atoms with Gasteiger partial charge >= 0.3 is 0 Å². The SMILES string of the molecule is CCCNc1cc(NCCSC)nc(C)n1. The van der Waals surface area contributed by atoms with Gasteiger partial charge in [0.2, 0.25) is 0 Å². The van der Waals surface area contributed by atoms with Gasteiger partial charge in [-0.25, -0.2) is 9.97 Å². The summed E-state index contributed by atoms with van der Waals surface area (Å²) in [7, 11) is 0. The highest BCUT2D eigenvalue weighted by molar-refractivity contribution is 7.98. The molecule has 0 aromatic carbocycles. The fraction of sp³-hybridized carbons (Fsp3) is 0.636. The normalized spacial score (nSPS) is 10.2. The molecule has 1 rings (SSSR count). The molecular weight excluding hydrogens is 220 g/mol. The number of aromatic nitrogens is 2. The Labute approximate surface area is 102 Å². The van der Waals surface area contributed by atoms with E-state index in [2.05, 4.69) is 33.8 Å². The first kappa shape index (κ1) is 13.1. The molecule has 0 amide bonds. The van der Waals surface area contributed by atoms with Crippen molar-refractivity contribution in [3.63, 3.8) is 0 Å². The summed E-state index contributed by atoms with van der Waals surface area (Å²) in [5.41, 5.74) is 0. The Morgan fingerprint density at radius 2 is 1.81 bits per heavy atom. The molecular formula is C11H20N4S. The lowest BCUT2D eigenvalue weighted by Gasteiger charge is -2.09. The van der Waals surface area contributed by atoms with E-state index in [0.29, 0.717) is 0 Å². The zero-order valence-corrected chi connectivity index (χ0v) is 11.0. The minimum absolute atomic E-state index is 0.799. The number of rotatable bonds is 7. The Hall–Kier alpha value is -0.970. The van der Waals surface area contributed by atoms with Crippen molar-refractivity contribution in [3.8, 4) is 0 Å². The molecule has 4 nitrogen and oxygen atoms in total. The third-order valence-corrected chi connectivity index (χ3v) is 2.62. The van der Waals surface area contributed by atoms with Gasteiger partial charge in [0.25, 0.3) is 0 Å². The van der Waals surface area contributed by atoms with Crippen LogP contribution in [0.2, 0.25) is 0 Å². The summed E-state index contributed by atoms with van der Waals surface area (Å²) in [6.45, 7) is 5.93. The molecule has 2 N–H and O–H groups in total. The first-order valence-corrected chi connectivity index (χ1v) is 6.98. The molecule has 0 radical (unpaired) electrons. The van der Waals surface area contributed by atoms with Crippen LogP contribution in [-0.2, 0) is 0 Å². The summed E-state index contributed by atoms with van der Waals surface area (Å²) in [6, 6.07) is 1.96. The highest BCUT2D eigenvalue weighted by Gasteiger charge is 2.00. The van der Waals surface area contributed by atoms with Gasteiger partial charge in [-0.3, -0.25) is 0 Å². The van der Waals surface area contributed by atoms with Gasteiger partial charge in [-0.05, 0) is 19.6 Å². The highest BCUT2D eigenvalue weighted by atomic mass is 32.2. The highest BCUT2D eigenvalue weighted by Crippen LogP contribution is 2.11. The molecule has 0 fully saturated rings. The van der Waals surface area contributed by atoms with Crippen molar-refractivity contribution in [2.45, 2.75) is 20.3 Å². The predicted octanol–water partition coefficient (Wildman–Crippen LogP) is 2.38. The molecule has 0 saturated carbocycles. The van der Waals surface area contributed by atoms with Gasteiger partial charge in [0.1, 0.15) is 17.5 Å². The van der Waals surface area contributed by atoms with Crippen LogP contribution >= 0.6 is 11.8 Å². The zero-order valence-electron chi connectivity index (χ0n) is 10.2. The van der Waals surface area contributed by atoms with Gasteiger partial charge in [-0.1, -0.05) is 6.92 Å². The van der Waals surface area contributed by atoms with Crippen LogP contribution in [-0.4, -0.2) is 35.1 Å². The lowest BCUT2D eigenvalue weighted by molar-refractivity contribution is 0.953. The van der Waals surface area contributed by atoms with Crippen LogP contribution in [0.3, 0.4) is 0 Å². The number of nitrogens with one attached hydrogen (secondary N) is 2. The van der Waals surface area contributed by atoms with Gasteiger partial charge in [0.05, 0.1) is 0 Å². The van der Waals surface area contributed by atoms with Crippen LogP contribution in [0.15, 0.2) is 6.07 Å². The molecule has 0 aliphatic rings. The summed E-state index contributed by atoms with van der Waals surface area (Å²) < 4.78 is 0. The van der Waals surface area contributed by atoms with Gasteiger partial charge in [-0.2, -0.15) is 11.8 Å². The second-order valence-electron chi connectivity index (χ2n) is 3.53. The van der Waals surface area contributed by atoms with Crippen LogP contribution in [0, 0.1) is 6.92 Å². The average Bonchev–Trinajstić information content (AvgIpc) is 2.26. The molecule has 0 aliphatic heterocycles. The maximum absolute atomic E-state index is 4.34. The number of thioether (sulfide) groups is 1. The van der Waals surface area contributed by atoms with Gasteiger partial charge in [-0.15, -0.1) is 0 Å². The topological polar surface area (TPSA) is 49.8 Å². The molecule has 1 aromatic rings. The quantitative estimate of drug-likeness (QED) is 0.717. The number of aryl methyl sites for hydroxylation is 1. The van der Waals surface area contributed by atoms with Gasteiger partial charge < -0.3 is 10.6 Å². The molecule has 0 aliphatic carbocycles. The smallest absolute Gasteiger partial charge is 0.131 e. The summed E-state index contributed by atoms with van der Waals surface area (Å²) >= 11 is 1.82. The van der Waals surface area contributed by atoms with E-state index in [0.717, 1.165) is 42.7 Å². The molecule has 0 unspecified atom stereocenters. The number of nitrogens with zero attached hydrogens (tertiary/aromatic N) is 2. The van der Waals surface area contributed by atoms with Crippen molar-refractivity contribution >= 4 is 23.4 Å². The Morgan fingerprint density at radius 3 is 2.38 bits per heavy atom. The monoisotopic (exact) mass is 240 g/mol. The van der Waals surface area contributed by atoms with E-state index in [1.54, 1.807) is 0 Å². The Morgan fingerprint density at radius 1 is 1.19 bits per heavy atom. The van der Waals surface area contributed by atoms with Gasteiger partial charge in [0, 0.05) is 24.9 Å². The van der Waals surface area contributed by atoms with Gasteiger partial charge in [0.15, 0.2) is 0 Å². The molecule has 90 valence electrons. The molecule has 1 heterocycles. The minimum atomic E-state index is 0.799. The van der Waals surface area contributed by atoms with E-state index in [1.807, 2.05) is 24.8 Å². The van der Waals surface area contributed by atoms with E-state index >= 15 is 0 Å². The summed E-state index contributed by atoms with van der Waals surface area (Å²) in [5.74, 6) is 3.69. The van der Waals surface area contributed by atoms with E-state index < -0.39 is 0 Å². The maximum Gasteiger partial charge on any atom is 0.131 e. The Kier molecular flexibility index (Phi) is 6.00. The summed E-state index contributed by atoms with van der Waals surface area (Å²) in [6.07, 6.45) is 3.19. The largest absolute Gasteiger partial charge is 0.370 e. The van der Waals surface area contributed by atoms with Crippen molar-refractivity contribution in [1.29, 1.82) is 0 Å². The zero-order chi connectivity index (χ0) is 11.8. The molecule has 0 saturated heterocycles. The van der Waals surface area contributed by atoms with Crippen molar-refractivity contribution in [2.24, 2.45) is 0 Å². The Bertz CT molecular complexity index is 317. The van der Waals surface area contributed by atoms with Crippen LogP contribution in [0.25, 0.3) is 0 Å². The van der Waals surface area contributed by atoms with Crippen molar-refractivity contribution in [3.05, 3.63) is 11.9 Å². The lowest BCUT2D eigenvalue weighted by Crippen LogP contribution is -2.09. The first-order valence-electron chi connectivity index (χ1n) is 5.58. The van der Waals surface area contributed by atoms with Crippen molar-refractivity contribution in [1.82, 2.24) is 9.97 Å². The maximum atomic E-state index is 4.34. The van der Waals surface area contributed by atoms with Crippen LogP contribution < -0.4 is 10.6 Å². The van der Waals surface area contributed by atoms with E-state index in [4.69, 9.17) is 0 Å². The predicted molar refractivity (Wildman–Crippen MR) is 72.4 cm³/mol. The molecule has 16 heavy (non-hydrogen) atoms. The fourth-order valence-electron chi connectivity index (χ4n) is 1.28. The molecule has 0 atom stereocenters. The second-order valence-corrected chi connectivity index (χ2v) is 4.52. The average molecular weight is 240 g/mol. The standard InChI is InChI=1S/C11H20N4S/c1-4-5-12-10-8-11(13-6-7-16-3)15-9(2)14-10/h8H,4-7H2,1-3H3,(H2,12,13,14,15). The third-order valence-electron chi connectivity index (χ3n) is 2.01. The van der Waals surface area contributed by atoms with E-state index in [1.165, 1.54) is 0 Å². The summed E-state index contributed by atoms with van der Waals surface area (Å²) in [4.78, 5) is 8.67. The number of hydrogen-bond donors (Lipinski definition) is 2. The van der Waals surface area contributed by atoms with E-state index in [-0.39, 0.29) is 0 Å². The molecule has 5 heteroatoms. The van der Waals surface area contributed by atoms with Crippen molar-refractivity contribution < 1.29 is 0 Å². The number of anilines is 2. The first-order chi connectivity index (χ1) is 7.76. The van der Waals surface area contributed by atoms with Crippen LogP contribution in [0.5, 0.6) is 0 Å². The third kappa shape index (κ3) is 4.70. The van der Waals surface area contributed by atoms with E-state index in [9.17, 15) is 0 Å². The molecule has 1 aromatic heterocycles. The van der Waals surface area contributed by atoms with Crippen molar-refractivity contribution in [2.75, 3.05) is 35.7 Å². The molecule has 0 bridgehead atoms. The number of hydrogen-bond acceptors (Lipinski definition) is 5. The minimum Gasteiger partial charge on any atom is -0.370 e. The van der Waals surface area contributed by atoms with Crippen LogP contribution in [0.4, 0.5) is 11.6 Å².